The number of nitrogens with one attached hydrogen (secondary N) is 1. The number of aromatic amines is 1. The summed E-state index contributed by atoms with van der Waals surface area (Å²) in [6.45, 7) is 2.06. The van der Waals surface area contributed by atoms with Crippen LogP contribution in [0, 0.1) is 0 Å². The third-order valence-corrected chi connectivity index (χ3v) is 4.86. The first-order valence-electron chi connectivity index (χ1n) is 8.81. The molecule has 27 heavy (non-hydrogen) atoms. The van der Waals surface area contributed by atoms with Gasteiger partial charge < -0.3 is 19.5 Å². The summed E-state index contributed by atoms with van der Waals surface area (Å²) in [6.07, 6.45) is 1.61. The average Bonchev–Trinajstić information content (AvgIpc) is 3.21. The van der Waals surface area contributed by atoms with Crippen molar-refractivity contribution in [1.82, 2.24) is 19.8 Å². The van der Waals surface area contributed by atoms with Crippen molar-refractivity contribution in [1.29, 1.82) is 0 Å². The van der Waals surface area contributed by atoms with E-state index in [9.17, 15) is 9.59 Å². The first kappa shape index (κ1) is 17.1. The van der Waals surface area contributed by atoms with Gasteiger partial charge in [-0.25, -0.2) is 4.98 Å². The topological polar surface area (TPSA) is 78.5 Å². The van der Waals surface area contributed by atoms with Crippen molar-refractivity contribution in [2.45, 2.75) is 0 Å². The van der Waals surface area contributed by atoms with Crippen LogP contribution >= 0.6 is 0 Å². The molecule has 2 amide bonds. The minimum absolute atomic E-state index is 0.0244. The second-order valence-corrected chi connectivity index (χ2v) is 6.45. The molecule has 1 aliphatic heterocycles. The number of benzene rings is 2. The number of piperazine rings is 1. The Hall–Kier alpha value is -3.35. The van der Waals surface area contributed by atoms with Crippen LogP contribution in [-0.2, 0) is 0 Å². The van der Waals surface area contributed by atoms with Crippen LogP contribution in [0.1, 0.15) is 20.7 Å². The number of amides is 2. The molecule has 1 saturated heterocycles. The number of carbonyl (C=O) groups is 2. The summed E-state index contributed by atoms with van der Waals surface area (Å²) in [5, 5.41) is 0. The lowest BCUT2D eigenvalue weighted by Gasteiger charge is -2.35. The number of aromatic nitrogens is 2. The minimum atomic E-state index is -0.0250. The molecule has 1 fully saturated rings. The van der Waals surface area contributed by atoms with E-state index in [2.05, 4.69) is 9.97 Å². The van der Waals surface area contributed by atoms with Crippen LogP contribution in [0.5, 0.6) is 5.75 Å². The number of hydrogen-bond acceptors (Lipinski definition) is 4. The Labute approximate surface area is 156 Å². The average molecular weight is 364 g/mol. The molecule has 0 aliphatic carbocycles. The Kier molecular flexibility index (Phi) is 4.50. The van der Waals surface area contributed by atoms with Gasteiger partial charge in [-0.1, -0.05) is 0 Å². The number of methoxy groups -OCH3 is 1. The SMILES string of the molecule is COc1ccc(C(=O)N2CCN(C(=O)c3ccc4nc[nH]c4c3)CC2)cc1. The number of nitrogens with zero attached hydrogens (tertiary/aromatic N) is 3. The Morgan fingerprint density at radius 1 is 0.926 bits per heavy atom. The maximum Gasteiger partial charge on any atom is 0.254 e. The van der Waals surface area contributed by atoms with Crippen molar-refractivity contribution in [3.63, 3.8) is 0 Å². The van der Waals surface area contributed by atoms with Crippen LogP contribution in [0.2, 0.25) is 0 Å². The molecule has 7 heteroatoms. The van der Waals surface area contributed by atoms with E-state index in [4.69, 9.17) is 4.74 Å². The van der Waals surface area contributed by atoms with E-state index in [1.807, 2.05) is 12.1 Å². The van der Waals surface area contributed by atoms with E-state index in [1.165, 1.54) is 0 Å². The van der Waals surface area contributed by atoms with E-state index in [0.29, 0.717) is 37.3 Å². The molecular weight excluding hydrogens is 344 g/mol. The number of imidazole rings is 1. The summed E-state index contributed by atoms with van der Waals surface area (Å²) in [4.78, 5) is 36.1. The summed E-state index contributed by atoms with van der Waals surface area (Å²) in [7, 11) is 1.59. The van der Waals surface area contributed by atoms with Crippen LogP contribution in [0.4, 0.5) is 0 Å². The first-order chi connectivity index (χ1) is 13.2. The third-order valence-electron chi connectivity index (χ3n) is 4.86. The van der Waals surface area contributed by atoms with Gasteiger partial charge in [-0.15, -0.1) is 0 Å². The van der Waals surface area contributed by atoms with Crippen LogP contribution in [-0.4, -0.2) is 64.9 Å². The zero-order valence-corrected chi connectivity index (χ0v) is 15.0. The lowest BCUT2D eigenvalue weighted by Crippen LogP contribution is -2.50. The van der Waals surface area contributed by atoms with Gasteiger partial charge in [0.05, 0.1) is 24.5 Å². The molecule has 138 valence electrons. The molecule has 2 heterocycles. The minimum Gasteiger partial charge on any atom is -0.497 e. The number of hydrogen-bond donors (Lipinski definition) is 1. The second-order valence-electron chi connectivity index (χ2n) is 6.45. The highest BCUT2D eigenvalue weighted by Gasteiger charge is 2.25. The predicted octanol–water partition coefficient (Wildman–Crippen LogP) is 2.17. The van der Waals surface area contributed by atoms with Crippen molar-refractivity contribution in [2.24, 2.45) is 0 Å². The molecule has 0 radical (unpaired) electrons. The van der Waals surface area contributed by atoms with E-state index in [-0.39, 0.29) is 11.8 Å². The van der Waals surface area contributed by atoms with Gasteiger partial charge in [-0.05, 0) is 42.5 Å². The fraction of sp³-hybridized carbons (Fsp3) is 0.250. The summed E-state index contributed by atoms with van der Waals surface area (Å²) in [5.41, 5.74) is 2.93. The molecule has 2 aromatic carbocycles. The van der Waals surface area contributed by atoms with Gasteiger partial charge in [0, 0.05) is 37.3 Å². The monoisotopic (exact) mass is 364 g/mol. The lowest BCUT2D eigenvalue weighted by atomic mass is 10.1. The fourth-order valence-electron chi connectivity index (χ4n) is 3.28. The Balaban J connectivity index is 1.40. The summed E-state index contributed by atoms with van der Waals surface area (Å²) in [6, 6.07) is 12.5. The number of carbonyl (C=O) groups excluding carboxylic acids is 2. The molecule has 1 aliphatic rings. The van der Waals surface area contributed by atoms with E-state index >= 15 is 0 Å². The molecule has 7 nitrogen and oxygen atoms in total. The van der Waals surface area contributed by atoms with Crippen molar-refractivity contribution < 1.29 is 14.3 Å². The van der Waals surface area contributed by atoms with Gasteiger partial charge >= 0.3 is 0 Å². The number of rotatable bonds is 3. The lowest BCUT2D eigenvalue weighted by molar-refractivity contribution is 0.0535. The summed E-state index contributed by atoms with van der Waals surface area (Å²) >= 11 is 0. The zero-order chi connectivity index (χ0) is 18.8. The third kappa shape index (κ3) is 3.36. The molecule has 4 rings (SSSR count). The van der Waals surface area contributed by atoms with E-state index in [1.54, 1.807) is 53.6 Å². The normalized spacial score (nSPS) is 14.4. The number of ether oxygens (including phenoxy) is 1. The molecule has 3 aromatic rings. The van der Waals surface area contributed by atoms with Crippen LogP contribution in [0.3, 0.4) is 0 Å². The largest absolute Gasteiger partial charge is 0.497 e. The van der Waals surface area contributed by atoms with Crippen LogP contribution < -0.4 is 4.74 Å². The van der Waals surface area contributed by atoms with Crippen molar-refractivity contribution in [2.75, 3.05) is 33.3 Å². The van der Waals surface area contributed by atoms with Gasteiger partial charge in [-0.2, -0.15) is 0 Å². The molecular formula is C20H20N4O3. The quantitative estimate of drug-likeness (QED) is 0.773. The van der Waals surface area contributed by atoms with E-state index in [0.717, 1.165) is 16.8 Å². The summed E-state index contributed by atoms with van der Waals surface area (Å²) < 4.78 is 5.12. The number of fused-ring (bicyclic) bond motifs is 1. The predicted molar refractivity (Wildman–Crippen MR) is 101 cm³/mol. The maximum absolute atomic E-state index is 12.8. The zero-order valence-electron chi connectivity index (χ0n) is 15.0. The molecule has 1 N–H and O–H groups in total. The van der Waals surface area contributed by atoms with Gasteiger partial charge in [0.2, 0.25) is 0 Å². The smallest absolute Gasteiger partial charge is 0.254 e. The van der Waals surface area contributed by atoms with Crippen molar-refractivity contribution >= 4 is 22.8 Å². The second kappa shape index (κ2) is 7.11. The molecule has 0 saturated carbocycles. The highest BCUT2D eigenvalue weighted by molar-refractivity contribution is 5.98. The van der Waals surface area contributed by atoms with Gasteiger partial charge in [-0.3, -0.25) is 9.59 Å². The highest BCUT2D eigenvalue weighted by atomic mass is 16.5. The maximum atomic E-state index is 12.8. The molecule has 1 aromatic heterocycles. The molecule has 0 unspecified atom stereocenters. The highest BCUT2D eigenvalue weighted by Crippen LogP contribution is 2.17. The van der Waals surface area contributed by atoms with Gasteiger partial charge in [0.15, 0.2) is 0 Å². The standard InChI is InChI=1S/C20H20N4O3/c1-27-16-5-2-14(3-6-16)19(25)23-8-10-24(11-9-23)20(26)15-4-7-17-18(12-15)22-13-21-17/h2-7,12-13H,8-11H2,1H3,(H,21,22). The molecule has 0 atom stereocenters. The van der Waals surface area contributed by atoms with Crippen LogP contribution in [0.15, 0.2) is 48.8 Å². The first-order valence-corrected chi connectivity index (χ1v) is 8.81. The summed E-state index contributed by atoms with van der Waals surface area (Å²) in [5.74, 6) is 0.669. The Morgan fingerprint density at radius 3 is 2.15 bits per heavy atom. The van der Waals surface area contributed by atoms with Crippen molar-refractivity contribution in [3.05, 3.63) is 59.9 Å². The Bertz CT molecular complexity index is 972. The van der Waals surface area contributed by atoms with Crippen molar-refractivity contribution in [3.8, 4) is 5.75 Å². The molecule has 0 bridgehead atoms. The number of H-pyrrole nitrogens is 1. The van der Waals surface area contributed by atoms with Gasteiger partial charge in [0.25, 0.3) is 11.8 Å². The Morgan fingerprint density at radius 2 is 1.52 bits per heavy atom. The fourth-order valence-corrected chi connectivity index (χ4v) is 3.28. The van der Waals surface area contributed by atoms with E-state index < -0.39 is 0 Å². The molecule has 0 spiro atoms. The van der Waals surface area contributed by atoms with Crippen LogP contribution in [0.25, 0.3) is 11.0 Å². The van der Waals surface area contributed by atoms with Gasteiger partial charge in [0.1, 0.15) is 5.75 Å².